The maximum absolute atomic E-state index is 13.6. The number of ether oxygens (including phenoxy) is 2. The van der Waals surface area contributed by atoms with Crippen LogP contribution in [0.25, 0.3) is 0 Å². The molecular weight excluding hydrogens is 280 g/mol. The number of nitrogens with zero attached hydrogens (tertiary/aromatic N) is 1. The normalized spacial score (nSPS) is 12.9. The molecule has 1 aromatic rings. The molecule has 0 aromatic heterocycles. The van der Waals surface area contributed by atoms with Gasteiger partial charge in [-0.1, -0.05) is 12.1 Å². The molecule has 1 N–H and O–H groups in total. The summed E-state index contributed by atoms with van der Waals surface area (Å²) in [4.78, 5) is 2.05. The average Bonchev–Trinajstić information content (AvgIpc) is 2.49. The SMILES string of the molecule is COCCN(CCOC)CCC(O)c1cccc(F)c1F. The van der Waals surface area contributed by atoms with E-state index in [-0.39, 0.29) is 5.56 Å². The second-order valence-corrected chi connectivity index (χ2v) is 4.77. The van der Waals surface area contributed by atoms with Crippen molar-refractivity contribution in [2.24, 2.45) is 0 Å². The third kappa shape index (κ3) is 6.05. The van der Waals surface area contributed by atoms with Gasteiger partial charge < -0.3 is 14.6 Å². The van der Waals surface area contributed by atoms with Crippen molar-refractivity contribution >= 4 is 0 Å². The lowest BCUT2D eigenvalue weighted by Gasteiger charge is -2.23. The molecule has 0 radical (unpaired) electrons. The third-order valence-corrected chi connectivity index (χ3v) is 3.28. The fourth-order valence-electron chi connectivity index (χ4n) is 2.01. The molecule has 1 unspecified atom stereocenters. The minimum atomic E-state index is -1.03. The fraction of sp³-hybridized carbons (Fsp3) is 0.600. The van der Waals surface area contributed by atoms with Gasteiger partial charge in [0.1, 0.15) is 0 Å². The fourth-order valence-corrected chi connectivity index (χ4v) is 2.01. The second-order valence-electron chi connectivity index (χ2n) is 4.77. The molecule has 6 heteroatoms. The zero-order chi connectivity index (χ0) is 15.7. The first-order chi connectivity index (χ1) is 10.1. The number of rotatable bonds is 10. The molecule has 0 spiro atoms. The highest BCUT2D eigenvalue weighted by molar-refractivity contribution is 5.21. The molecule has 0 aliphatic heterocycles. The van der Waals surface area contributed by atoms with Crippen LogP contribution in [0.15, 0.2) is 18.2 Å². The van der Waals surface area contributed by atoms with Crippen LogP contribution in [0.4, 0.5) is 8.78 Å². The van der Waals surface area contributed by atoms with Gasteiger partial charge in [-0.05, 0) is 12.5 Å². The van der Waals surface area contributed by atoms with Crippen LogP contribution in [0, 0.1) is 11.6 Å². The summed E-state index contributed by atoms with van der Waals surface area (Å²) < 4.78 is 36.8. The number of halogens is 2. The molecule has 0 amide bonds. The summed E-state index contributed by atoms with van der Waals surface area (Å²) in [5.74, 6) is -1.92. The Morgan fingerprint density at radius 1 is 1.10 bits per heavy atom. The lowest BCUT2D eigenvalue weighted by molar-refractivity contribution is 0.0933. The second kappa shape index (κ2) is 9.78. The highest BCUT2D eigenvalue weighted by Crippen LogP contribution is 2.22. The maximum Gasteiger partial charge on any atom is 0.164 e. The van der Waals surface area contributed by atoms with Gasteiger partial charge in [0.25, 0.3) is 0 Å². The maximum atomic E-state index is 13.6. The van der Waals surface area contributed by atoms with Crippen LogP contribution in [-0.4, -0.2) is 57.1 Å². The van der Waals surface area contributed by atoms with E-state index in [2.05, 4.69) is 0 Å². The molecule has 0 heterocycles. The predicted molar refractivity (Wildman–Crippen MR) is 76.1 cm³/mol. The van der Waals surface area contributed by atoms with Gasteiger partial charge in [-0.15, -0.1) is 0 Å². The van der Waals surface area contributed by atoms with Crippen LogP contribution in [0.1, 0.15) is 18.1 Å². The first kappa shape index (κ1) is 18.0. The van der Waals surface area contributed by atoms with Gasteiger partial charge in [-0.2, -0.15) is 0 Å². The van der Waals surface area contributed by atoms with Crippen molar-refractivity contribution in [2.45, 2.75) is 12.5 Å². The molecule has 1 atom stereocenters. The van der Waals surface area contributed by atoms with E-state index in [9.17, 15) is 13.9 Å². The highest BCUT2D eigenvalue weighted by Gasteiger charge is 2.17. The van der Waals surface area contributed by atoms with E-state index in [0.29, 0.717) is 39.3 Å². The molecule has 0 bridgehead atoms. The van der Waals surface area contributed by atoms with Gasteiger partial charge in [0.05, 0.1) is 19.3 Å². The first-order valence-electron chi connectivity index (χ1n) is 6.92. The van der Waals surface area contributed by atoms with E-state index in [0.717, 1.165) is 6.07 Å². The molecule has 1 rings (SSSR count). The standard InChI is InChI=1S/C15H23F2NO3/c1-20-10-8-18(9-11-21-2)7-6-14(19)12-4-3-5-13(16)15(12)17/h3-5,14,19H,6-11H2,1-2H3. The molecule has 4 nitrogen and oxygen atoms in total. The topological polar surface area (TPSA) is 41.9 Å². The van der Waals surface area contributed by atoms with E-state index in [1.54, 1.807) is 14.2 Å². The molecule has 0 saturated heterocycles. The predicted octanol–water partition coefficient (Wildman–Crippen LogP) is 1.98. The Kier molecular flexibility index (Phi) is 8.37. The Bertz CT molecular complexity index is 410. The van der Waals surface area contributed by atoms with Crippen molar-refractivity contribution in [3.8, 4) is 0 Å². The van der Waals surface area contributed by atoms with Crippen LogP contribution in [0.2, 0.25) is 0 Å². The van der Waals surface area contributed by atoms with Gasteiger partial charge in [-0.25, -0.2) is 8.78 Å². The number of benzene rings is 1. The number of hydrogen-bond acceptors (Lipinski definition) is 4. The van der Waals surface area contributed by atoms with Gasteiger partial charge in [0.2, 0.25) is 0 Å². The van der Waals surface area contributed by atoms with Crippen LogP contribution < -0.4 is 0 Å². The number of aliphatic hydroxyl groups is 1. The zero-order valence-corrected chi connectivity index (χ0v) is 12.5. The minimum Gasteiger partial charge on any atom is -0.388 e. The van der Waals surface area contributed by atoms with Gasteiger partial charge in [0, 0.05) is 39.4 Å². The third-order valence-electron chi connectivity index (χ3n) is 3.28. The minimum absolute atomic E-state index is 0.00608. The lowest BCUT2D eigenvalue weighted by atomic mass is 10.1. The Morgan fingerprint density at radius 2 is 1.71 bits per heavy atom. The van der Waals surface area contributed by atoms with Crippen molar-refractivity contribution in [1.29, 1.82) is 0 Å². The van der Waals surface area contributed by atoms with Crippen molar-refractivity contribution < 1.29 is 23.4 Å². The Hall–Kier alpha value is -1.08. The molecule has 0 aliphatic carbocycles. The molecule has 0 aliphatic rings. The van der Waals surface area contributed by atoms with Crippen molar-refractivity contribution in [3.05, 3.63) is 35.4 Å². The first-order valence-corrected chi connectivity index (χ1v) is 6.92. The van der Waals surface area contributed by atoms with Crippen LogP contribution in [0.5, 0.6) is 0 Å². The average molecular weight is 303 g/mol. The van der Waals surface area contributed by atoms with E-state index in [1.807, 2.05) is 4.90 Å². The van der Waals surface area contributed by atoms with Crippen molar-refractivity contribution in [2.75, 3.05) is 47.1 Å². The summed E-state index contributed by atoms with van der Waals surface area (Å²) in [7, 11) is 3.23. The Morgan fingerprint density at radius 3 is 2.29 bits per heavy atom. The van der Waals surface area contributed by atoms with Crippen molar-refractivity contribution in [3.63, 3.8) is 0 Å². The van der Waals surface area contributed by atoms with Crippen LogP contribution >= 0.6 is 0 Å². The number of aliphatic hydroxyl groups excluding tert-OH is 1. The summed E-state index contributed by atoms with van der Waals surface area (Å²) in [6, 6.07) is 3.83. The largest absolute Gasteiger partial charge is 0.388 e. The molecule has 0 fully saturated rings. The molecule has 0 saturated carbocycles. The molecule has 120 valence electrons. The number of hydrogen-bond donors (Lipinski definition) is 1. The van der Waals surface area contributed by atoms with Gasteiger partial charge in [-0.3, -0.25) is 4.90 Å². The summed E-state index contributed by atoms with van der Waals surface area (Å²) >= 11 is 0. The Balaban J connectivity index is 2.55. The molecular formula is C15H23F2NO3. The summed E-state index contributed by atoms with van der Waals surface area (Å²) in [5.41, 5.74) is -0.00608. The zero-order valence-electron chi connectivity index (χ0n) is 12.5. The van der Waals surface area contributed by atoms with Crippen LogP contribution in [0.3, 0.4) is 0 Å². The van der Waals surface area contributed by atoms with E-state index < -0.39 is 17.7 Å². The number of methoxy groups -OCH3 is 2. The lowest BCUT2D eigenvalue weighted by Crippen LogP contribution is -2.32. The van der Waals surface area contributed by atoms with Gasteiger partial charge in [0.15, 0.2) is 11.6 Å². The molecule has 1 aromatic carbocycles. The van der Waals surface area contributed by atoms with E-state index in [4.69, 9.17) is 9.47 Å². The quantitative estimate of drug-likeness (QED) is 0.718. The van der Waals surface area contributed by atoms with E-state index in [1.165, 1.54) is 12.1 Å². The van der Waals surface area contributed by atoms with Crippen molar-refractivity contribution in [1.82, 2.24) is 4.90 Å². The molecule has 21 heavy (non-hydrogen) atoms. The highest BCUT2D eigenvalue weighted by atomic mass is 19.2. The van der Waals surface area contributed by atoms with E-state index >= 15 is 0 Å². The summed E-state index contributed by atoms with van der Waals surface area (Å²) in [5, 5.41) is 10.0. The monoisotopic (exact) mass is 303 g/mol. The smallest absolute Gasteiger partial charge is 0.164 e. The van der Waals surface area contributed by atoms with Crippen LogP contribution in [-0.2, 0) is 9.47 Å². The summed E-state index contributed by atoms with van der Waals surface area (Å²) in [6.07, 6.45) is -0.721. The summed E-state index contributed by atoms with van der Waals surface area (Å²) in [6.45, 7) is 3.06. The Labute approximate surface area is 124 Å². The van der Waals surface area contributed by atoms with Gasteiger partial charge >= 0.3 is 0 Å².